The first kappa shape index (κ1) is 27.9. The summed E-state index contributed by atoms with van der Waals surface area (Å²) in [7, 11) is 0. The Balaban J connectivity index is 1.26. The highest BCUT2D eigenvalue weighted by Gasteiger charge is 2.13. The standard InChI is InChI=1S/C34H30BrN3O3/c1-3-40-32-21-26(20-30(35)33(32)41-23-25-10-6-4-7-11-25)22-36-37-34(39)28-15-17-29(18-16-28)38-24(2)14-19-31(38)27-12-8-5-9-13-27/h4-22H,3,23H2,1-2H3,(H,37,39)/b36-22+. The molecule has 1 heterocycles. The van der Waals surface area contributed by atoms with Crippen molar-refractivity contribution in [1.82, 2.24) is 9.99 Å². The van der Waals surface area contributed by atoms with Crippen molar-refractivity contribution >= 4 is 28.1 Å². The fraction of sp³-hybridized carbons (Fsp3) is 0.118. The van der Waals surface area contributed by atoms with E-state index in [1.807, 2.05) is 79.7 Å². The molecule has 1 aromatic heterocycles. The lowest BCUT2D eigenvalue weighted by Gasteiger charge is -2.14. The van der Waals surface area contributed by atoms with Gasteiger partial charge in [0.2, 0.25) is 0 Å². The van der Waals surface area contributed by atoms with Crippen LogP contribution in [0, 0.1) is 6.92 Å². The molecule has 0 atom stereocenters. The fourth-order valence-electron chi connectivity index (χ4n) is 4.50. The predicted molar refractivity (Wildman–Crippen MR) is 167 cm³/mol. The molecule has 0 unspecified atom stereocenters. The van der Waals surface area contributed by atoms with E-state index < -0.39 is 0 Å². The number of benzene rings is 4. The van der Waals surface area contributed by atoms with E-state index in [0.29, 0.717) is 30.3 Å². The largest absolute Gasteiger partial charge is 0.490 e. The van der Waals surface area contributed by atoms with Crippen molar-refractivity contribution in [3.8, 4) is 28.4 Å². The van der Waals surface area contributed by atoms with Gasteiger partial charge in [0, 0.05) is 16.9 Å². The number of carbonyl (C=O) groups excluding carboxylic acids is 1. The molecule has 1 N–H and O–H groups in total. The Kier molecular flexibility index (Phi) is 8.96. The molecule has 7 heteroatoms. The number of hydrazone groups is 1. The van der Waals surface area contributed by atoms with Gasteiger partial charge in [-0.25, -0.2) is 5.43 Å². The number of nitrogens with one attached hydrogen (secondary N) is 1. The van der Waals surface area contributed by atoms with Crippen molar-refractivity contribution in [2.45, 2.75) is 20.5 Å². The van der Waals surface area contributed by atoms with Crippen LogP contribution in [-0.2, 0) is 6.61 Å². The Hall–Kier alpha value is -4.62. The van der Waals surface area contributed by atoms with Crippen molar-refractivity contribution in [2.24, 2.45) is 5.10 Å². The highest BCUT2D eigenvalue weighted by atomic mass is 79.9. The lowest BCUT2D eigenvalue weighted by Crippen LogP contribution is -2.17. The van der Waals surface area contributed by atoms with E-state index in [9.17, 15) is 4.79 Å². The van der Waals surface area contributed by atoms with E-state index in [1.54, 1.807) is 18.3 Å². The van der Waals surface area contributed by atoms with Crippen LogP contribution in [0.2, 0.25) is 0 Å². The second-order valence-corrected chi connectivity index (χ2v) is 10.2. The van der Waals surface area contributed by atoms with Gasteiger partial charge in [-0.15, -0.1) is 0 Å². The molecule has 0 spiro atoms. The third-order valence-electron chi connectivity index (χ3n) is 6.47. The van der Waals surface area contributed by atoms with Crippen molar-refractivity contribution in [3.63, 3.8) is 0 Å². The van der Waals surface area contributed by atoms with Crippen LogP contribution in [-0.4, -0.2) is 23.3 Å². The maximum absolute atomic E-state index is 12.8. The van der Waals surface area contributed by atoms with Gasteiger partial charge in [0.15, 0.2) is 11.5 Å². The van der Waals surface area contributed by atoms with Gasteiger partial charge >= 0.3 is 0 Å². The van der Waals surface area contributed by atoms with Gasteiger partial charge in [0.05, 0.1) is 23.0 Å². The molecule has 0 saturated carbocycles. The van der Waals surface area contributed by atoms with Gasteiger partial charge in [0.1, 0.15) is 6.61 Å². The third kappa shape index (κ3) is 6.76. The molecule has 206 valence electrons. The molecule has 0 saturated heterocycles. The lowest BCUT2D eigenvalue weighted by atomic mass is 10.1. The Morgan fingerprint density at radius 1 is 0.902 bits per heavy atom. The molecule has 0 fully saturated rings. The van der Waals surface area contributed by atoms with Crippen molar-refractivity contribution in [1.29, 1.82) is 0 Å². The van der Waals surface area contributed by atoms with Crippen LogP contribution in [0.15, 0.2) is 119 Å². The van der Waals surface area contributed by atoms with E-state index in [-0.39, 0.29) is 5.91 Å². The number of rotatable bonds is 10. The number of aryl methyl sites for hydroxylation is 1. The number of ether oxygens (including phenoxy) is 2. The first-order valence-electron chi connectivity index (χ1n) is 13.3. The van der Waals surface area contributed by atoms with Gasteiger partial charge in [-0.05, 0) is 95.0 Å². The van der Waals surface area contributed by atoms with Crippen molar-refractivity contribution in [2.75, 3.05) is 6.61 Å². The van der Waals surface area contributed by atoms with Crippen LogP contribution >= 0.6 is 15.9 Å². The summed E-state index contributed by atoms with van der Waals surface area (Å²) >= 11 is 3.59. The summed E-state index contributed by atoms with van der Waals surface area (Å²) in [5.41, 5.74) is 9.26. The minimum absolute atomic E-state index is 0.299. The van der Waals surface area contributed by atoms with Crippen LogP contribution < -0.4 is 14.9 Å². The summed E-state index contributed by atoms with van der Waals surface area (Å²) in [5.74, 6) is 0.911. The van der Waals surface area contributed by atoms with E-state index >= 15 is 0 Å². The minimum Gasteiger partial charge on any atom is -0.490 e. The average molecular weight is 609 g/mol. The highest BCUT2D eigenvalue weighted by molar-refractivity contribution is 9.10. The number of hydrogen-bond donors (Lipinski definition) is 1. The molecule has 4 aromatic carbocycles. The van der Waals surface area contributed by atoms with E-state index in [2.05, 4.69) is 62.2 Å². The maximum Gasteiger partial charge on any atom is 0.271 e. The zero-order valence-electron chi connectivity index (χ0n) is 22.9. The zero-order chi connectivity index (χ0) is 28.6. The van der Waals surface area contributed by atoms with E-state index in [1.165, 1.54) is 0 Å². The number of halogens is 1. The van der Waals surface area contributed by atoms with Gasteiger partial charge < -0.3 is 14.0 Å². The maximum atomic E-state index is 12.8. The summed E-state index contributed by atoms with van der Waals surface area (Å²) in [5, 5.41) is 4.18. The molecule has 5 aromatic rings. The second kappa shape index (κ2) is 13.2. The molecule has 6 nitrogen and oxygen atoms in total. The molecule has 0 radical (unpaired) electrons. The SMILES string of the molecule is CCOc1cc(/C=N/NC(=O)c2ccc(-n3c(C)ccc3-c3ccccc3)cc2)cc(Br)c1OCc1ccccc1. The van der Waals surface area contributed by atoms with Crippen molar-refractivity contribution < 1.29 is 14.3 Å². The number of amides is 1. The van der Waals surface area contributed by atoms with Crippen LogP contribution in [0.5, 0.6) is 11.5 Å². The Morgan fingerprint density at radius 2 is 1.61 bits per heavy atom. The van der Waals surface area contributed by atoms with Gasteiger partial charge in [-0.3, -0.25) is 4.79 Å². The normalized spacial score (nSPS) is 11.0. The van der Waals surface area contributed by atoms with Crippen LogP contribution in [0.4, 0.5) is 0 Å². The number of hydrogen-bond acceptors (Lipinski definition) is 4. The minimum atomic E-state index is -0.299. The first-order chi connectivity index (χ1) is 20.0. The quantitative estimate of drug-likeness (QED) is 0.129. The number of aromatic nitrogens is 1. The smallest absolute Gasteiger partial charge is 0.271 e. The molecule has 0 aliphatic rings. The summed E-state index contributed by atoms with van der Waals surface area (Å²) in [6.07, 6.45) is 1.58. The first-order valence-corrected chi connectivity index (χ1v) is 14.1. The Labute approximate surface area is 248 Å². The summed E-state index contributed by atoms with van der Waals surface area (Å²) in [6.45, 7) is 4.89. The zero-order valence-corrected chi connectivity index (χ0v) is 24.5. The predicted octanol–water partition coefficient (Wildman–Crippen LogP) is 7.96. The number of carbonyl (C=O) groups is 1. The molecular formula is C34H30BrN3O3. The molecule has 0 aliphatic heterocycles. The van der Waals surface area contributed by atoms with E-state index in [0.717, 1.165) is 38.2 Å². The monoisotopic (exact) mass is 607 g/mol. The van der Waals surface area contributed by atoms with Gasteiger partial charge in [-0.2, -0.15) is 5.10 Å². The average Bonchev–Trinajstić information content (AvgIpc) is 3.39. The summed E-state index contributed by atoms with van der Waals surface area (Å²) in [6, 6.07) is 35.6. The summed E-state index contributed by atoms with van der Waals surface area (Å²) < 4.78 is 14.8. The molecule has 0 aliphatic carbocycles. The molecule has 1 amide bonds. The highest BCUT2D eigenvalue weighted by Crippen LogP contribution is 2.37. The topological polar surface area (TPSA) is 64.8 Å². The number of nitrogens with zero attached hydrogens (tertiary/aromatic N) is 2. The van der Waals surface area contributed by atoms with Crippen LogP contribution in [0.1, 0.15) is 34.1 Å². The Morgan fingerprint density at radius 3 is 2.32 bits per heavy atom. The summed E-state index contributed by atoms with van der Waals surface area (Å²) in [4.78, 5) is 12.8. The molecule has 41 heavy (non-hydrogen) atoms. The third-order valence-corrected chi connectivity index (χ3v) is 7.06. The van der Waals surface area contributed by atoms with Crippen molar-refractivity contribution in [3.05, 3.63) is 136 Å². The lowest BCUT2D eigenvalue weighted by molar-refractivity contribution is 0.0955. The van der Waals surface area contributed by atoms with E-state index in [4.69, 9.17) is 9.47 Å². The van der Waals surface area contributed by atoms with Crippen LogP contribution in [0.25, 0.3) is 16.9 Å². The molecular weight excluding hydrogens is 578 g/mol. The van der Waals surface area contributed by atoms with Crippen LogP contribution in [0.3, 0.4) is 0 Å². The fourth-order valence-corrected chi connectivity index (χ4v) is 5.08. The molecule has 0 bridgehead atoms. The van der Waals surface area contributed by atoms with Gasteiger partial charge in [0.25, 0.3) is 5.91 Å². The Bertz CT molecular complexity index is 1650. The second-order valence-electron chi connectivity index (χ2n) is 9.34. The molecule has 5 rings (SSSR count). The van der Waals surface area contributed by atoms with Gasteiger partial charge in [-0.1, -0.05) is 60.7 Å².